The largest absolute Gasteiger partial charge is 0.444 e. The van der Waals surface area contributed by atoms with Crippen LogP contribution in [0.5, 0.6) is 0 Å². The van der Waals surface area contributed by atoms with E-state index in [2.05, 4.69) is 49.4 Å². The Balaban J connectivity index is 1.09. The average Bonchev–Trinajstić information content (AvgIpc) is 3.65. The minimum absolute atomic E-state index is 0.162. The summed E-state index contributed by atoms with van der Waals surface area (Å²) in [5.41, 5.74) is 3.33. The van der Waals surface area contributed by atoms with Gasteiger partial charge < -0.3 is 19.4 Å². The van der Waals surface area contributed by atoms with Crippen molar-refractivity contribution in [1.82, 2.24) is 29.9 Å². The molecule has 1 atom stereocenters. The molecule has 42 heavy (non-hydrogen) atoms. The van der Waals surface area contributed by atoms with Crippen LogP contribution < -0.4 is 9.80 Å². The molecule has 1 aromatic carbocycles. The van der Waals surface area contributed by atoms with Crippen molar-refractivity contribution in [2.75, 3.05) is 42.5 Å². The Morgan fingerprint density at radius 2 is 1.71 bits per heavy atom. The Labute approximate surface area is 249 Å². The van der Waals surface area contributed by atoms with Crippen molar-refractivity contribution in [2.24, 2.45) is 5.92 Å². The molecular weight excluding hydrogens is 528 g/mol. The van der Waals surface area contributed by atoms with Crippen LogP contribution in [0, 0.1) is 5.92 Å². The molecule has 1 saturated carbocycles. The molecule has 0 radical (unpaired) electrons. The van der Waals surface area contributed by atoms with Gasteiger partial charge in [0, 0.05) is 38.4 Å². The van der Waals surface area contributed by atoms with Crippen LogP contribution in [-0.4, -0.2) is 80.3 Å². The van der Waals surface area contributed by atoms with Crippen LogP contribution in [0.25, 0.3) is 11.4 Å². The number of ether oxygens (including phenoxy) is 1. The molecule has 0 N–H and O–H groups in total. The summed E-state index contributed by atoms with van der Waals surface area (Å²) in [6.07, 6.45) is 13.5. The Bertz CT molecular complexity index is 1340. The summed E-state index contributed by atoms with van der Waals surface area (Å²) in [5, 5.41) is 8.73. The fraction of sp³-hybridized carbons (Fsp3) is 0.594. The molecule has 10 heteroatoms. The van der Waals surface area contributed by atoms with E-state index < -0.39 is 5.60 Å². The maximum absolute atomic E-state index is 13.2. The third kappa shape index (κ3) is 6.85. The maximum Gasteiger partial charge on any atom is 0.410 e. The van der Waals surface area contributed by atoms with Gasteiger partial charge in [0.25, 0.3) is 0 Å². The SMILES string of the molecule is CC(C)(C)OC(=O)N(CC1CCC1)[C@@H]1CCCN(c2ccc(Cn3cc(-c4cncc(N5CCCC5)n4)nn3)cc2)C1. The predicted octanol–water partition coefficient (Wildman–Crippen LogP) is 5.39. The first-order valence-electron chi connectivity index (χ1n) is 15.6. The Morgan fingerprint density at radius 3 is 2.43 bits per heavy atom. The second kappa shape index (κ2) is 12.3. The van der Waals surface area contributed by atoms with Gasteiger partial charge in [-0.1, -0.05) is 23.8 Å². The van der Waals surface area contributed by atoms with Crippen molar-refractivity contribution < 1.29 is 9.53 Å². The lowest BCUT2D eigenvalue weighted by atomic mass is 9.84. The molecule has 10 nitrogen and oxygen atoms in total. The number of nitrogens with zero attached hydrogens (tertiary/aromatic N) is 8. The van der Waals surface area contributed by atoms with Gasteiger partial charge in [0.1, 0.15) is 22.8 Å². The standard InChI is InChI=1S/C32H44N8O2/c1-32(2,3)42-31(41)40(21-24-8-6-9-24)27-10-7-17-38(22-27)26-13-11-25(12-14-26)20-39-23-29(35-36-39)28-18-33-19-30(34-28)37-15-4-5-16-37/h11-14,18-19,23-24,27H,4-10,15-17,20-22H2,1-3H3/t27-/m1/s1. The van der Waals surface area contributed by atoms with E-state index in [4.69, 9.17) is 9.72 Å². The quantitative estimate of drug-likeness (QED) is 0.355. The predicted molar refractivity (Wildman–Crippen MR) is 164 cm³/mol. The van der Waals surface area contributed by atoms with Crippen LogP contribution in [0.3, 0.4) is 0 Å². The number of amides is 1. The second-order valence-electron chi connectivity index (χ2n) is 13.1. The van der Waals surface area contributed by atoms with Crippen LogP contribution in [0.1, 0.15) is 71.3 Å². The van der Waals surface area contributed by atoms with E-state index in [-0.39, 0.29) is 12.1 Å². The van der Waals surface area contributed by atoms with E-state index in [9.17, 15) is 4.79 Å². The zero-order valence-corrected chi connectivity index (χ0v) is 25.3. The van der Waals surface area contributed by atoms with Gasteiger partial charge in [-0.15, -0.1) is 5.10 Å². The van der Waals surface area contributed by atoms with Crippen LogP contribution in [0.4, 0.5) is 16.3 Å². The average molecular weight is 573 g/mol. The van der Waals surface area contributed by atoms with Gasteiger partial charge in [-0.25, -0.2) is 14.5 Å². The van der Waals surface area contributed by atoms with Crippen LogP contribution in [0.2, 0.25) is 0 Å². The molecule has 0 spiro atoms. The van der Waals surface area contributed by atoms with Gasteiger partial charge in [-0.2, -0.15) is 0 Å². The zero-order chi connectivity index (χ0) is 29.1. The number of aromatic nitrogens is 5. The monoisotopic (exact) mass is 572 g/mol. The number of piperidine rings is 1. The number of rotatable bonds is 8. The van der Waals surface area contributed by atoms with Crippen molar-refractivity contribution in [3.8, 4) is 11.4 Å². The van der Waals surface area contributed by atoms with Gasteiger partial charge >= 0.3 is 6.09 Å². The molecule has 224 valence electrons. The van der Waals surface area contributed by atoms with Gasteiger partial charge in [0.05, 0.1) is 31.2 Å². The van der Waals surface area contributed by atoms with E-state index in [0.717, 1.165) is 68.3 Å². The number of hydrogen-bond acceptors (Lipinski definition) is 8. The number of anilines is 2. The highest BCUT2D eigenvalue weighted by atomic mass is 16.6. The molecule has 0 bridgehead atoms. The fourth-order valence-corrected chi connectivity index (χ4v) is 6.16. The molecule has 3 fully saturated rings. The van der Waals surface area contributed by atoms with E-state index in [1.54, 1.807) is 6.20 Å². The van der Waals surface area contributed by atoms with Crippen molar-refractivity contribution in [2.45, 2.75) is 83.9 Å². The molecule has 2 aromatic heterocycles. The Morgan fingerprint density at radius 1 is 0.952 bits per heavy atom. The molecular formula is C32H44N8O2. The van der Waals surface area contributed by atoms with Crippen LogP contribution in [0.15, 0.2) is 42.9 Å². The van der Waals surface area contributed by atoms with Gasteiger partial charge in [0.2, 0.25) is 0 Å². The molecule has 3 aromatic rings. The highest BCUT2D eigenvalue weighted by Gasteiger charge is 2.34. The number of hydrogen-bond donors (Lipinski definition) is 0. The molecule has 4 heterocycles. The smallest absolute Gasteiger partial charge is 0.410 e. The summed E-state index contributed by atoms with van der Waals surface area (Å²) in [4.78, 5) is 29.1. The normalized spacial score (nSPS) is 19.5. The van der Waals surface area contributed by atoms with Crippen molar-refractivity contribution in [3.05, 3.63) is 48.4 Å². The van der Waals surface area contributed by atoms with Crippen molar-refractivity contribution in [3.63, 3.8) is 0 Å². The molecule has 2 aliphatic heterocycles. The van der Waals surface area contributed by atoms with E-state index in [1.807, 2.05) is 42.7 Å². The second-order valence-corrected chi connectivity index (χ2v) is 13.1. The molecule has 3 aliphatic rings. The number of carbonyl (C=O) groups is 1. The Kier molecular flexibility index (Phi) is 8.31. The van der Waals surface area contributed by atoms with Crippen molar-refractivity contribution in [1.29, 1.82) is 0 Å². The summed E-state index contributed by atoms with van der Waals surface area (Å²) in [5.74, 6) is 1.51. The fourth-order valence-electron chi connectivity index (χ4n) is 6.16. The summed E-state index contributed by atoms with van der Waals surface area (Å²) in [6.45, 7) is 11.2. The first-order chi connectivity index (χ1) is 20.3. The molecule has 6 rings (SSSR count). The summed E-state index contributed by atoms with van der Waals surface area (Å²) >= 11 is 0. The number of benzene rings is 1. The van der Waals surface area contributed by atoms with E-state index >= 15 is 0 Å². The molecule has 0 unspecified atom stereocenters. The third-order valence-electron chi connectivity index (χ3n) is 8.64. The van der Waals surface area contributed by atoms with Gasteiger partial charge in [-0.05, 0) is 82.9 Å². The molecule has 1 amide bonds. The zero-order valence-electron chi connectivity index (χ0n) is 25.3. The molecule has 1 aliphatic carbocycles. The lowest BCUT2D eigenvalue weighted by molar-refractivity contribution is 0.00736. The van der Waals surface area contributed by atoms with Crippen LogP contribution in [-0.2, 0) is 11.3 Å². The third-order valence-corrected chi connectivity index (χ3v) is 8.64. The highest BCUT2D eigenvalue weighted by molar-refractivity contribution is 5.69. The van der Waals surface area contributed by atoms with E-state index in [0.29, 0.717) is 12.5 Å². The van der Waals surface area contributed by atoms with Gasteiger partial charge in [0.15, 0.2) is 0 Å². The number of carbonyl (C=O) groups excluding carboxylic acids is 1. The lowest BCUT2D eigenvalue weighted by Crippen LogP contribution is -2.53. The summed E-state index contributed by atoms with van der Waals surface area (Å²) < 4.78 is 7.69. The molecule has 2 saturated heterocycles. The Hall–Kier alpha value is -3.69. The summed E-state index contributed by atoms with van der Waals surface area (Å²) in [6, 6.07) is 8.85. The van der Waals surface area contributed by atoms with E-state index in [1.165, 1.54) is 37.8 Å². The highest BCUT2D eigenvalue weighted by Crippen LogP contribution is 2.31. The maximum atomic E-state index is 13.2. The first-order valence-corrected chi connectivity index (χ1v) is 15.6. The minimum Gasteiger partial charge on any atom is -0.444 e. The summed E-state index contributed by atoms with van der Waals surface area (Å²) in [7, 11) is 0. The van der Waals surface area contributed by atoms with Crippen molar-refractivity contribution >= 4 is 17.6 Å². The topological polar surface area (TPSA) is 92.5 Å². The van der Waals surface area contributed by atoms with Crippen LogP contribution >= 0.6 is 0 Å². The lowest BCUT2D eigenvalue weighted by Gasteiger charge is -2.43. The van der Waals surface area contributed by atoms with Gasteiger partial charge in [-0.3, -0.25) is 4.98 Å². The first kappa shape index (κ1) is 28.4. The minimum atomic E-state index is -0.491.